The van der Waals surface area contributed by atoms with Gasteiger partial charge in [0.2, 0.25) is 6.29 Å². The first-order valence-electron chi connectivity index (χ1n) is 6.73. The van der Waals surface area contributed by atoms with Gasteiger partial charge in [-0.25, -0.2) is 0 Å². The number of benzene rings is 1. The van der Waals surface area contributed by atoms with Gasteiger partial charge in [0, 0.05) is 6.07 Å². The molecule has 128 valence electrons. The monoisotopic (exact) mass is 331 g/mol. The highest BCUT2D eigenvalue weighted by Gasteiger charge is 2.44. The molecule has 1 aliphatic heterocycles. The first-order chi connectivity index (χ1) is 10.9. The van der Waals surface area contributed by atoms with Gasteiger partial charge in [-0.05, 0) is 11.6 Å². The van der Waals surface area contributed by atoms with E-state index in [1.165, 1.54) is 6.07 Å². The summed E-state index contributed by atoms with van der Waals surface area (Å²) >= 11 is 0. The van der Waals surface area contributed by atoms with Gasteiger partial charge in [0.05, 0.1) is 24.2 Å². The molecule has 23 heavy (non-hydrogen) atoms. The molecule has 5 N–H and O–H groups in total. The molecule has 0 aliphatic carbocycles. The molecule has 1 aromatic carbocycles. The smallest absolute Gasteiger partial charge is 0.273 e. The van der Waals surface area contributed by atoms with Crippen molar-refractivity contribution in [2.24, 2.45) is 0 Å². The lowest BCUT2D eigenvalue weighted by Crippen LogP contribution is -2.60. The largest absolute Gasteiger partial charge is 0.462 e. The average molecular weight is 331 g/mol. The second-order valence-corrected chi connectivity index (χ2v) is 5.07. The Bertz CT molecular complexity index is 564. The fourth-order valence-electron chi connectivity index (χ4n) is 2.21. The molecule has 0 spiro atoms. The highest BCUT2D eigenvalue weighted by atomic mass is 16.7. The molecule has 1 aromatic rings. The zero-order chi connectivity index (χ0) is 17.1. The zero-order valence-electron chi connectivity index (χ0n) is 11.8. The number of nitro groups is 1. The summed E-state index contributed by atoms with van der Waals surface area (Å²) in [6.45, 7) is -1.09. The van der Waals surface area contributed by atoms with E-state index < -0.39 is 48.8 Å². The number of hydrogen-bond acceptors (Lipinski definition) is 9. The van der Waals surface area contributed by atoms with Crippen molar-refractivity contribution >= 4 is 5.69 Å². The topological polar surface area (TPSA) is 163 Å². The summed E-state index contributed by atoms with van der Waals surface area (Å²) in [6, 6.07) is 3.51. The van der Waals surface area contributed by atoms with E-state index in [1.807, 2.05) is 0 Å². The van der Waals surface area contributed by atoms with Crippen LogP contribution in [0.5, 0.6) is 5.75 Å². The molecule has 1 saturated heterocycles. The molecular formula is C13H17NO9. The maximum atomic E-state index is 10.9. The SMILES string of the molecule is O=[N+]([O-])c1cc(CO)cc(O[C@H]2O[C@H](CO)[C@H](O)[C@H](O)[C@H]2O)c1. The Hall–Kier alpha value is -1.82. The first kappa shape index (κ1) is 17.5. The molecule has 0 amide bonds. The fraction of sp³-hybridized carbons (Fsp3) is 0.538. The number of nitro benzene ring substituents is 1. The number of ether oxygens (including phenoxy) is 2. The molecule has 5 atom stereocenters. The summed E-state index contributed by atoms with van der Waals surface area (Å²) in [4.78, 5) is 10.2. The van der Waals surface area contributed by atoms with Gasteiger partial charge in [-0.2, -0.15) is 0 Å². The Labute approximate surface area is 130 Å². The minimum atomic E-state index is -1.63. The zero-order valence-corrected chi connectivity index (χ0v) is 11.8. The standard InChI is InChI=1S/C13H17NO9/c15-4-6-1-7(14(20)21)3-8(2-6)22-13-12(19)11(18)10(17)9(5-16)23-13/h1-3,9-13,15-19H,4-5H2/t9-,10+,11+,12-,13+/m1/s1. The van der Waals surface area contributed by atoms with Crippen molar-refractivity contribution in [3.8, 4) is 5.75 Å². The second-order valence-electron chi connectivity index (χ2n) is 5.07. The molecule has 0 aromatic heterocycles. The first-order valence-corrected chi connectivity index (χ1v) is 6.73. The van der Waals surface area contributed by atoms with Crippen LogP contribution in [0, 0.1) is 10.1 Å². The van der Waals surface area contributed by atoms with Gasteiger partial charge < -0.3 is 35.0 Å². The van der Waals surface area contributed by atoms with Crippen LogP contribution >= 0.6 is 0 Å². The van der Waals surface area contributed by atoms with Crippen LogP contribution in [0.4, 0.5) is 5.69 Å². The van der Waals surface area contributed by atoms with Crippen molar-refractivity contribution < 1.29 is 39.9 Å². The molecule has 0 bridgehead atoms. The van der Waals surface area contributed by atoms with Crippen LogP contribution in [0.3, 0.4) is 0 Å². The lowest BCUT2D eigenvalue weighted by Gasteiger charge is -2.39. The molecule has 10 nitrogen and oxygen atoms in total. The molecule has 1 heterocycles. The van der Waals surface area contributed by atoms with E-state index >= 15 is 0 Å². The van der Waals surface area contributed by atoms with Crippen LogP contribution in [0.15, 0.2) is 18.2 Å². The van der Waals surface area contributed by atoms with E-state index in [9.17, 15) is 25.4 Å². The van der Waals surface area contributed by atoms with E-state index in [1.54, 1.807) is 0 Å². The highest BCUT2D eigenvalue weighted by molar-refractivity contribution is 5.42. The number of aliphatic hydroxyl groups is 5. The van der Waals surface area contributed by atoms with Gasteiger partial charge >= 0.3 is 0 Å². The number of aliphatic hydroxyl groups excluding tert-OH is 5. The van der Waals surface area contributed by atoms with Gasteiger partial charge in [-0.3, -0.25) is 10.1 Å². The molecule has 1 aliphatic rings. The highest BCUT2D eigenvalue weighted by Crippen LogP contribution is 2.28. The van der Waals surface area contributed by atoms with Gasteiger partial charge in [-0.15, -0.1) is 0 Å². The number of hydrogen-bond donors (Lipinski definition) is 5. The summed E-state index contributed by atoms with van der Waals surface area (Å²) < 4.78 is 10.4. The Balaban J connectivity index is 2.23. The maximum Gasteiger partial charge on any atom is 0.273 e. The normalized spacial score (nSPS) is 30.9. The third-order valence-electron chi connectivity index (χ3n) is 3.45. The third kappa shape index (κ3) is 3.75. The molecule has 1 fully saturated rings. The third-order valence-corrected chi connectivity index (χ3v) is 3.45. The minimum Gasteiger partial charge on any atom is -0.462 e. The summed E-state index contributed by atoms with van der Waals surface area (Å²) in [5.41, 5.74) is -0.130. The molecular weight excluding hydrogens is 314 g/mol. The van der Waals surface area contributed by atoms with Crippen molar-refractivity contribution in [3.63, 3.8) is 0 Å². The van der Waals surface area contributed by atoms with E-state index in [2.05, 4.69) is 0 Å². The van der Waals surface area contributed by atoms with E-state index in [0.29, 0.717) is 0 Å². The van der Waals surface area contributed by atoms with E-state index in [4.69, 9.17) is 19.7 Å². The summed E-state index contributed by atoms with van der Waals surface area (Å²) in [6.07, 6.45) is -7.41. The van der Waals surface area contributed by atoms with Crippen LogP contribution in [-0.4, -0.2) is 67.8 Å². The van der Waals surface area contributed by atoms with Gasteiger partial charge in [0.1, 0.15) is 30.2 Å². The number of non-ortho nitro benzene ring substituents is 1. The molecule has 2 rings (SSSR count). The van der Waals surface area contributed by atoms with Crippen molar-refractivity contribution in [2.45, 2.75) is 37.3 Å². The van der Waals surface area contributed by atoms with Crippen LogP contribution in [0.2, 0.25) is 0 Å². The Morgan fingerprint density at radius 1 is 1.13 bits per heavy atom. The maximum absolute atomic E-state index is 10.9. The van der Waals surface area contributed by atoms with Gasteiger partial charge in [0.15, 0.2) is 0 Å². The minimum absolute atomic E-state index is 0.0763. The van der Waals surface area contributed by atoms with Crippen molar-refractivity contribution in [1.82, 2.24) is 0 Å². The number of nitrogens with zero attached hydrogens (tertiary/aromatic N) is 1. The Kier molecular flexibility index (Phi) is 5.46. The van der Waals surface area contributed by atoms with Crippen LogP contribution < -0.4 is 4.74 Å². The predicted octanol–water partition coefficient (Wildman–Crippen LogP) is -1.73. The lowest BCUT2D eigenvalue weighted by molar-refractivity contribution is -0.385. The Morgan fingerprint density at radius 2 is 1.83 bits per heavy atom. The van der Waals surface area contributed by atoms with Crippen LogP contribution in [0.25, 0.3) is 0 Å². The molecule has 10 heteroatoms. The predicted molar refractivity (Wildman–Crippen MR) is 73.4 cm³/mol. The average Bonchev–Trinajstić information content (AvgIpc) is 2.54. The summed E-state index contributed by atoms with van der Waals surface area (Å²) in [5.74, 6) is -0.0763. The van der Waals surface area contributed by atoms with E-state index in [0.717, 1.165) is 12.1 Å². The molecule has 0 saturated carbocycles. The van der Waals surface area contributed by atoms with Crippen molar-refractivity contribution in [1.29, 1.82) is 0 Å². The van der Waals surface area contributed by atoms with E-state index in [-0.39, 0.29) is 17.0 Å². The second kappa shape index (κ2) is 7.17. The molecule has 0 unspecified atom stereocenters. The van der Waals surface area contributed by atoms with Crippen molar-refractivity contribution in [3.05, 3.63) is 33.9 Å². The van der Waals surface area contributed by atoms with Gasteiger partial charge in [-0.1, -0.05) is 0 Å². The fourth-order valence-corrected chi connectivity index (χ4v) is 2.21. The van der Waals surface area contributed by atoms with Crippen LogP contribution in [0.1, 0.15) is 5.56 Å². The van der Waals surface area contributed by atoms with Crippen LogP contribution in [-0.2, 0) is 11.3 Å². The Morgan fingerprint density at radius 3 is 2.39 bits per heavy atom. The lowest BCUT2D eigenvalue weighted by atomic mass is 9.99. The number of rotatable bonds is 5. The van der Waals surface area contributed by atoms with Gasteiger partial charge in [0.25, 0.3) is 5.69 Å². The molecule has 0 radical (unpaired) electrons. The summed E-state index contributed by atoms with van der Waals surface area (Å²) in [7, 11) is 0. The van der Waals surface area contributed by atoms with Crippen molar-refractivity contribution in [2.75, 3.05) is 6.61 Å². The summed E-state index contributed by atoms with van der Waals surface area (Å²) in [5, 5.41) is 58.3. The quantitative estimate of drug-likeness (QED) is 0.311.